The number of ether oxygens (including phenoxy) is 1. The maximum absolute atomic E-state index is 12.7. The quantitative estimate of drug-likeness (QED) is 0.382. The minimum absolute atomic E-state index is 0.200. The number of nitrogens with two attached hydrogens (primary N) is 1. The number of primary amides is 1. The number of amides is 3. The number of carbonyl (C=O) groups excluding carboxylic acids is 3. The van der Waals surface area contributed by atoms with Crippen molar-refractivity contribution in [3.8, 4) is 5.75 Å². The number of anilines is 1. The van der Waals surface area contributed by atoms with Crippen molar-refractivity contribution in [1.29, 1.82) is 0 Å². The van der Waals surface area contributed by atoms with Gasteiger partial charge in [0.25, 0.3) is 5.91 Å². The third-order valence-corrected chi connectivity index (χ3v) is 3.31. The van der Waals surface area contributed by atoms with E-state index >= 15 is 0 Å². The molecule has 0 bridgehead atoms. The van der Waals surface area contributed by atoms with Crippen molar-refractivity contribution in [3.63, 3.8) is 0 Å². The summed E-state index contributed by atoms with van der Waals surface area (Å²) in [5.41, 5.74) is 6.15. The van der Waals surface area contributed by atoms with Crippen LogP contribution in [0.25, 0.3) is 0 Å². The van der Waals surface area contributed by atoms with Crippen LogP contribution in [0.3, 0.4) is 0 Å². The number of para-hydroxylation sites is 1. The van der Waals surface area contributed by atoms with E-state index in [1.54, 1.807) is 18.2 Å². The summed E-state index contributed by atoms with van der Waals surface area (Å²) in [7, 11) is 0. The standard InChI is InChI=1S/C18H15F3N4O4/c19-18(20,21)12-5-3-6-13(8-12)24-16(27)17(28)25-23-9-11-4-1-2-7-14(11)29-10-15(22)26/h1-9H,10H2,(H2,22,26)(H,24,27)(H,25,28)/b23-9-. The van der Waals surface area contributed by atoms with Gasteiger partial charge in [-0.25, -0.2) is 5.43 Å². The summed E-state index contributed by atoms with van der Waals surface area (Å²) < 4.78 is 43.2. The Morgan fingerprint density at radius 3 is 2.48 bits per heavy atom. The molecule has 3 amide bonds. The Morgan fingerprint density at radius 2 is 1.79 bits per heavy atom. The highest BCUT2D eigenvalue weighted by Gasteiger charge is 2.30. The summed E-state index contributed by atoms with van der Waals surface area (Å²) in [6.45, 7) is -0.364. The van der Waals surface area contributed by atoms with Crippen molar-refractivity contribution in [2.45, 2.75) is 6.18 Å². The van der Waals surface area contributed by atoms with Crippen LogP contribution in [0.5, 0.6) is 5.75 Å². The molecule has 0 unspecified atom stereocenters. The molecular weight excluding hydrogens is 393 g/mol. The Kier molecular flexibility index (Phi) is 6.90. The van der Waals surface area contributed by atoms with Crippen molar-refractivity contribution in [2.75, 3.05) is 11.9 Å². The molecule has 0 saturated heterocycles. The monoisotopic (exact) mass is 408 g/mol. The molecule has 0 spiro atoms. The van der Waals surface area contributed by atoms with Crippen molar-refractivity contribution in [2.24, 2.45) is 10.8 Å². The zero-order valence-corrected chi connectivity index (χ0v) is 14.7. The van der Waals surface area contributed by atoms with Crippen molar-refractivity contribution < 1.29 is 32.3 Å². The SMILES string of the molecule is NC(=O)COc1ccccc1/C=N\NC(=O)C(=O)Nc1cccc(C(F)(F)F)c1. The Balaban J connectivity index is 1.97. The van der Waals surface area contributed by atoms with Gasteiger partial charge in [0.15, 0.2) is 6.61 Å². The number of nitrogens with zero attached hydrogens (tertiary/aromatic N) is 1. The van der Waals surface area contributed by atoms with Gasteiger partial charge in [0.05, 0.1) is 11.8 Å². The third kappa shape index (κ3) is 6.65. The van der Waals surface area contributed by atoms with Gasteiger partial charge in [0, 0.05) is 11.3 Å². The maximum atomic E-state index is 12.7. The Hall–Kier alpha value is -3.89. The van der Waals surface area contributed by atoms with Gasteiger partial charge >= 0.3 is 18.0 Å². The predicted octanol–water partition coefficient (Wildman–Crippen LogP) is 1.66. The molecule has 2 rings (SSSR count). The Morgan fingerprint density at radius 1 is 1.07 bits per heavy atom. The van der Waals surface area contributed by atoms with E-state index in [1.165, 1.54) is 12.1 Å². The number of hydrazone groups is 1. The third-order valence-electron chi connectivity index (χ3n) is 3.31. The average molecular weight is 408 g/mol. The molecule has 0 atom stereocenters. The van der Waals surface area contributed by atoms with Crippen LogP contribution in [0, 0.1) is 0 Å². The van der Waals surface area contributed by atoms with Gasteiger partial charge in [0.1, 0.15) is 5.75 Å². The number of hydrogen-bond donors (Lipinski definition) is 3. The first kappa shape index (κ1) is 21.4. The van der Waals surface area contributed by atoms with Crippen LogP contribution in [0.15, 0.2) is 53.6 Å². The molecule has 0 aliphatic carbocycles. The van der Waals surface area contributed by atoms with Crippen LogP contribution in [0.1, 0.15) is 11.1 Å². The van der Waals surface area contributed by atoms with E-state index in [-0.39, 0.29) is 18.0 Å². The number of nitrogens with one attached hydrogen (secondary N) is 2. The summed E-state index contributed by atoms with van der Waals surface area (Å²) >= 11 is 0. The number of halogens is 3. The number of benzene rings is 2. The van der Waals surface area contributed by atoms with Crippen LogP contribution in [0.4, 0.5) is 18.9 Å². The maximum Gasteiger partial charge on any atom is 0.416 e. The predicted molar refractivity (Wildman–Crippen MR) is 96.9 cm³/mol. The van der Waals surface area contributed by atoms with Gasteiger partial charge < -0.3 is 15.8 Å². The van der Waals surface area contributed by atoms with Crippen molar-refractivity contribution >= 4 is 29.6 Å². The van der Waals surface area contributed by atoms with Gasteiger partial charge in [-0.3, -0.25) is 14.4 Å². The summed E-state index contributed by atoms with van der Waals surface area (Å²) in [6, 6.07) is 10.2. The number of alkyl halides is 3. The fourth-order valence-corrected chi connectivity index (χ4v) is 2.04. The molecule has 152 valence electrons. The van der Waals surface area contributed by atoms with Gasteiger partial charge in [0.2, 0.25) is 0 Å². The summed E-state index contributed by atoms with van der Waals surface area (Å²) in [6.07, 6.45) is -3.43. The average Bonchev–Trinajstić information content (AvgIpc) is 2.66. The lowest BCUT2D eigenvalue weighted by Crippen LogP contribution is -2.32. The molecule has 0 aliphatic rings. The minimum Gasteiger partial charge on any atom is -0.483 e. The fourth-order valence-electron chi connectivity index (χ4n) is 2.04. The van der Waals surface area contributed by atoms with Crippen LogP contribution in [-0.4, -0.2) is 30.5 Å². The van der Waals surface area contributed by atoms with E-state index in [2.05, 4.69) is 5.10 Å². The fraction of sp³-hybridized carbons (Fsp3) is 0.111. The van der Waals surface area contributed by atoms with Crippen molar-refractivity contribution in [3.05, 3.63) is 59.7 Å². The number of hydrogen-bond acceptors (Lipinski definition) is 5. The molecular formula is C18H15F3N4O4. The largest absolute Gasteiger partial charge is 0.483 e. The van der Waals surface area contributed by atoms with E-state index in [0.717, 1.165) is 18.3 Å². The highest BCUT2D eigenvalue weighted by molar-refractivity contribution is 6.39. The molecule has 11 heteroatoms. The van der Waals surface area contributed by atoms with Gasteiger partial charge in [-0.05, 0) is 30.3 Å². The van der Waals surface area contributed by atoms with E-state index in [4.69, 9.17) is 10.5 Å². The van der Waals surface area contributed by atoms with Crippen molar-refractivity contribution in [1.82, 2.24) is 5.43 Å². The molecule has 0 radical (unpaired) electrons. The topological polar surface area (TPSA) is 123 Å². The first-order chi connectivity index (χ1) is 13.7. The van der Waals surface area contributed by atoms with E-state index < -0.39 is 29.5 Å². The van der Waals surface area contributed by atoms with Gasteiger partial charge in [-0.2, -0.15) is 18.3 Å². The second-order valence-corrected chi connectivity index (χ2v) is 5.52. The molecule has 2 aromatic rings. The molecule has 0 fully saturated rings. The van der Waals surface area contributed by atoms with E-state index in [1.807, 2.05) is 10.7 Å². The minimum atomic E-state index is -4.59. The molecule has 0 aromatic heterocycles. The molecule has 2 aromatic carbocycles. The van der Waals surface area contributed by atoms with E-state index in [0.29, 0.717) is 11.6 Å². The smallest absolute Gasteiger partial charge is 0.416 e. The van der Waals surface area contributed by atoms with E-state index in [9.17, 15) is 27.6 Å². The number of rotatable bonds is 6. The van der Waals surface area contributed by atoms with Crippen LogP contribution < -0.4 is 21.2 Å². The normalized spacial score (nSPS) is 11.1. The summed E-state index contributed by atoms with van der Waals surface area (Å²) in [4.78, 5) is 34.4. The zero-order valence-electron chi connectivity index (χ0n) is 14.7. The Labute approximate surface area is 162 Å². The molecule has 4 N–H and O–H groups in total. The number of carbonyl (C=O) groups is 3. The zero-order chi connectivity index (χ0) is 21.4. The lowest BCUT2D eigenvalue weighted by molar-refractivity contribution is -0.137. The second kappa shape index (κ2) is 9.35. The lowest BCUT2D eigenvalue weighted by atomic mass is 10.2. The van der Waals surface area contributed by atoms with Gasteiger partial charge in [-0.1, -0.05) is 18.2 Å². The summed E-state index contributed by atoms with van der Waals surface area (Å²) in [5.74, 6) is -2.83. The first-order valence-corrected chi connectivity index (χ1v) is 7.98. The molecule has 0 saturated carbocycles. The van der Waals surface area contributed by atoms with Gasteiger partial charge in [-0.15, -0.1) is 0 Å². The molecule has 8 nitrogen and oxygen atoms in total. The molecule has 0 heterocycles. The Bertz CT molecular complexity index is 945. The summed E-state index contributed by atoms with van der Waals surface area (Å²) in [5, 5.41) is 5.63. The highest BCUT2D eigenvalue weighted by Crippen LogP contribution is 2.30. The first-order valence-electron chi connectivity index (χ1n) is 7.98. The molecule has 0 aliphatic heterocycles. The highest BCUT2D eigenvalue weighted by atomic mass is 19.4. The molecule has 29 heavy (non-hydrogen) atoms. The second-order valence-electron chi connectivity index (χ2n) is 5.52. The van der Waals surface area contributed by atoms with Crippen LogP contribution in [0.2, 0.25) is 0 Å². The lowest BCUT2D eigenvalue weighted by Gasteiger charge is -2.09. The van der Waals surface area contributed by atoms with Crippen LogP contribution in [-0.2, 0) is 20.6 Å². The van der Waals surface area contributed by atoms with Crippen LogP contribution >= 0.6 is 0 Å².